The molecule has 0 unspecified atom stereocenters. The molecule has 144 valence electrons. The molecule has 0 fully saturated rings. The maximum absolute atomic E-state index is 12.3. The maximum atomic E-state index is 12.3. The normalized spacial score (nSPS) is 10.7. The van der Waals surface area contributed by atoms with Crippen molar-refractivity contribution in [2.45, 2.75) is 0 Å². The van der Waals surface area contributed by atoms with Crippen molar-refractivity contribution in [3.05, 3.63) is 89.5 Å². The number of carbonyl (C=O) groups is 1. The van der Waals surface area contributed by atoms with Gasteiger partial charge in [-0.15, -0.1) is 0 Å². The fraction of sp³-hybridized carbons (Fsp3) is 0.0833. The lowest BCUT2D eigenvalue weighted by Gasteiger charge is -2.08. The van der Waals surface area contributed by atoms with Crippen molar-refractivity contribution >= 4 is 17.6 Å². The highest BCUT2D eigenvalue weighted by Gasteiger charge is 2.10. The monoisotopic (exact) mass is 385 g/mol. The molecule has 0 atom stereocenters. The molecule has 3 aromatic rings. The molecule has 0 spiro atoms. The lowest BCUT2D eigenvalue weighted by atomic mass is 10.0. The minimum atomic E-state index is -0.473. The number of hydrogen-bond acceptors (Lipinski definition) is 5. The second-order valence-corrected chi connectivity index (χ2v) is 6.06. The molecule has 0 radical (unpaired) electrons. The summed E-state index contributed by atoms with van der Waals surface area (Å²) in [6, 6.07) is 23.2. The number of allylic oxidation sites excluding steroid dienone is 1. The molecular weight excluding hydrogens is 366 g/mol. The SMILES string of the molecule is COc1cccc(C(=O)Oc2ccc(/C=C(/C#N)c3ccccc3OC)cc2)c1. The van der Waals surface area contributed by atoms with Crippen LogP contribution in [0.25, 0.3) is 11.6 Å². The summed E-state index contributed by atoms with van der Waals surface area (Å²) in [4.78, 5) is 12.3. The smallest absolute Gasteiger partial charge is 0.343 e. The molecule has 5 heteroatoms. The van der Waals surface area contributed by atoms with Gasteiger partial charge in [0.1, 0.15) is 17.2 Å². The van der Waals surface area contributed by atoms with E-state index in [0.29, 0.717) is 33.9 Å². The van der Waals surface area contributed by atoms with E-state index in [9.17, 15) is 10.1 Å². The molecule has 0 saturated carbocycles. The topological polar surface area (TPSA) is 68.5 Å². The first-order chi connectivity index (χ1) is 14.1. The Morgan fingerprint density at radius 1 is 0.897 bits per heavy atom. The number of esters is 1. The third-order valence-electron chi connectivity index (χ3n) is 4.22. The zero-order valence-electron chi connectivity index (χ0n) is 16.1. The van der Waals surface area contributed by atoms with Crippen LogP contribution in [0.3, 0.4) is 0 Å². The molecule has 0 aliphatic heterocycles. The largest absolute Gasteiger partial charge is 0.497 e. The van der Waals surface area contributed by atoms with Crippen LogP contribution >= 0.6 is 0 Å². The van der Waals surface area contributed by atoms with Gasteiger partial charge in [-0.1, -0.05) is 30.3 Å². The fourth-order valence-corrected chi connectivity index (χ4v) is 2.75. The Morgan fingerprint density at radius 3 is 2.34 bits per heavy atom. The van der Waals surface area contributed by atoms with E-state index >= 15 is 0 Å². The molecule has 5 nitrogen and oxygen atoms in total. The summed E-state index contributed by atoms with van der Waals surface area (Å²) < 4.78 is 15.9. The van der Waals surface area contributed by atoms with E-state index < -0.39 is 5.97 Å². The summed E-state index contributed by atoms with van der Waals surface area (Å²) in [7, 11) is 3.11. The van der Waals surface area contributed by atoms with E-state index in [0.717, 1.165) is 5.56 Å². The Hall–Kier alpha value is -4.04. The van der Waals surface area contributed by atoms with E-state index in [-0.39, 0.29) is 0 Å². The summed E-state index contributed by atoms with van der Waals surface area (Å²) in [6.45, 7) is 0. The van der Waals surface area contributed by atoms with Crippen LogP contribution in [0.4, 0.5) is 0 Å². The van der Waals surface area contributed by atoms with Gasteiger partial charge in [-0.05, 0) is 54.1 Å². The van der Waals surface area contributed by atoms with Gasteiger partial charge in [-0.25, -0.2) is 4.79 Å². The van der Waals surface area contributed by atoms with Gasteiger partial charge in [0.25, 0.3) is 0 Å². The highest BCUT2D eigenvalue weighted by atomic mass is 16.5. The molecule has 0 aromatic heterocycles. The molecular formula is C24H19NO4. The Labute approximate surface area is 169 Å². The average Bonchev–Trinajstić information content (AvgIpc) is 2.78. The zero-order chi connectivity index (χ0) is 20.6. The fourth-order valence-electron chi connectivity index (χ4n) is 2.75. The summed E-state index contributed by atoms with van der Waals surface area (Å²) in [5.74, 6) is 1.15. The van der Waals surface area contributed by atoms with Crippen LogP contribution in [0.2, 0.25) is 0 Å². The molecule has 0 bridgehead atoms. The summed E-state index contributed by atoms with van der Waals surface area (Å²) in [5.41, 5.74) is 2.39. The van der Waals surface area contributed by atoms with E-state index in [2.05, 4.69) is 6.07 Å². The predicted octanol–water partition coefficient (Wildman–Crippen LogP) is 4.99. The van der Waals surface area contributed by atoms with Gasteiger partial charge in [0.15, 0.2) is 0 Å². The first-order valence-electron chi connectivity index (χ1n) is 8.86. The van der Waals surface area contributed by atoms with E-state index in [4.69, 9.17) is 14.2 Å². The van der Waals surface area contributed by atoms with Crippen LogP contribution < -0.4 is 14.2 Å². The standard InChI is InChI=1S/C24H19NO4/c1-27-21-7-5-6-18(15-21)24(26)29-20-12-10-17(11-13-20)14-19(16-25)22-8-3-4-9-23(22)28-2/h3-15H,1-2H3/b19-14-. The van der Waals surface area contributed by atoms with E-state index in [1.54, 1.807) is 61.7 Å². The van der Waals surface area contributed by atoms with Crippen LogP contribution in [0, 0.1) is 11.3 Å². The van der Waals surface area contributed by atoms with Crippen molar-refractivity contribution in [1.82, 2.24) is 0 Å². The van der Waals surface area contributed by atoms with Gasteiger partial charge in [-0.2, -0.15) is 5.26 Å². The summed E-state index contributed by atoms with van der Waals surface area (Å²) in [6.07, 6.45) is 1.76. The van der Waals surface area contributed by atoms with Gasteiger partial charge in [0.05, 0.1) is 31.4 Å². The number of nitrogens with zero attached hydrogens (tertiary/aromatic N) is 1. The Bertz CT molecular complexity index is 1080. The number of benzene rings is 3. The molecule has 0 N–H and O–H groups in total. The van der Waals surface area contributed by atoms with Crippen molar-refractivity contribution in [3.63, 3.8) is 0 Å². The number of nitriles is 1. The lowest BCUT2D eigenvalue weighted by molar-refractivity contribution is 0.0734. The first kappa shape index (κ1) is 19.7. The molecule has 3 aromatic carbocycles. The van der Waals surface area contributed by atoms with Gasteiger partial charge < -0.3 is 14.2 Å². The van der Waals surface area contributed by atoms with Gasteiger partial charge >= 0.3 is 5.97 Å². The molecule has 29 heavy (non-hydrogen) atoms. The molecule has 0 heterocycles. The second kappa shape index (κ2) is 9.25. The number of rotatable bonds is 6. The maximum Gasteiger partial charge on any atom is 0.343 e. The minimum Gasteiger partial charge on any atom is -0.497 e. The number of ether oxygens (including phenoxy) is 3. The van der Waals surface area contributed by atoms with Crippen molar-refractivity contribution in [2.75, 3.05) is 14.2 Å². The average molecular weight is 385 g/mol. The third-order valence-corrected chi connectivity index (χ3v) is 4.22. The number of methoxy groups -OCH3 is 2. The highest BCUT2D eigenvalue weighted by Crippen LogP contribution is 2.27. The van der Waals surface area contributed by atoms with Crippen molar-refractivity contribution in [2.24, 2.45) is 0 Å². The van der Waals surface area contributed by atoms with Gasteiger partial charge in [0, 0.05) is 5.56 Å². The Morgan fingerprint density at radius 2 is 1.66 bits per heavy atom. The Balaban J connectivity index is 1.78. The quantitative estimate of drug-likeness (QED) is 0.259. The highest BCUT2D eigenvalue weighted by molar-refractivity contribution is 5.92. The Kier molecular flexibility index (Phi) is 6.29. The van der Waals surface area contributed by atoms with E-state index in [1.807, 2.05) is 24.3 Å². The predicted molar refractivity (Wildman–Crippen MR) is 111 cm³/mol. The van der Waals surface area contributed by atoms with Crippen molar-refractivity contribution < 1.29 is 19.0 Å². The number of carbonyl (C=O) groups excluding carboxylic acids is 1. The molecule has 0 amide bonds. The first-order valence-corrected chi connectivity index (χ1v) is 8.86. The molecule has 0 aliphatic carbocycles. The minimum absolute atomic E-state index is 0.399. The van der Waals surface area contributed by atoms with Crippen molar-refractivity contribution in [1.29, 1.82) is 5.26 Å². The number of hydrogen-bond donors (Lipinski definition) is 0. The van der Waals surface area contributed by atoms with Gasteiger partial charge in [-0.3, -0.25) is 0 Å². The lowest BCUT2D eigenvalue weighted by Crippen LogP contribution is -2.08. The molecule has 0 aliphatic rings. The molecule has 0 saturated heterocycles. The summed E-state index contributed by atoms with van der Waals surface area (Å²) >= 11 is 0. The molecule has 3 rings (SSSR count). The van der Waals surface area contributed by atoms with E-state index in [1.165, 1.54) is 7.11 Å². The van der Waals surface area contributed by atoms with Crippen LogP contribution in [0.5, 0.6) is 17.2 Å². The van der Waals surface area contributed by atoms with Crippen molar-refractivity contribution in [3.8, 4) is 23.3 Å². The van der Waals surface area contributed by atoms with Crippen LogP contribution in [-0.4, -0.2) is 20.2 Å². The summed E-state index contributed by atoms with van der Waals surface area (Å²) in [5, 5.41) is 9.55. The van der Waals surface area contributed by atoms with Crippen LogP contribution in [0.15, 0.2) is 72.8 Å². The second-order valence-electron chi connectivity index (χ2n) is 6.06. The van der Waals surface area contributed by atoms with Crippen LogP contribution in [-0.2, 0) is 0 Å². The van der Waals surface area contributed by atoms with Crippen LogP contribution in [0.1, 0.15) is 21.5 Å². The third kappa shape index (κ3) is 4.82. The zero-order valence-corrected chi connectivity index (χ0v) is 16.1. The van der Waals surface area contributed by atoms with Gasteiger partial charge in [0.2, 0.25) is 0 Å². The number of para-hydroxylation sites is 1.